The van der Waals surface area contributed by atoms with Crippen molar-refractivity contribution in [1.82, 2.24) is 4.98 Å². The SMILES string of the molecule is O=C(Cc1ccc(OC(F)(F)F)cc1)Nc1cccc(C(=O)Nc2ccc(Br)cn2)c1. The molecule has 0 aliphatic rings. The van der Waals surface area contributed by atoms with Crippen molar-refractivity contribution in [3.8, 4) is 5.75 Å². The number of carbonyl (C=O) groups is 2. The van der Waals surface area contributed by atoms with Crippen LogP contribution in [0.2, 0.25) is 0 Å². The molecule has 160 valence electrons. The fourth-order valence-electron chi connectivity index (χ4n) is 2.58. The summed E-state index contributed by atoms with van der Waals surface area (Å²) < 4.78 is 41.2. The number of alkyl halides is 3. The molecule has 0 aliphatic carbocycles. The zero-order chi connectivity index (χ0) is 22.4. The lowest BCUT2D eigenvalue weighted by Gasteiger charge is -2.10. The Morgan fingerprint density at radius 1 is 1.00 bits per heavy atom. The molecule has 31 heavy (non-hydrogen) atoms. The predicted octanol–water partition coefficient (Wildman–Crippen LogP) is 5.18. The van der Waals surface area contributed by atoms with E-state index in [-0.39, 0.29) is 12.2 Å². The molecule has 6 nitrogen and oxygen atoms in total. The summed E-state index contributed by atoms with van der Waals surface area (Å²) in [5.41, 5.74) is 1.22. The molecule has 2 aromatic carbocycles. The highest BCUT2D eigenvalue weighted by molar-refractivity contribution is 9.10. The van der Waals surface area contributed by atoms with Gasteiger partial charge in [-0.2, -0.15) is 0 Å². The van der Waals surface area contributed by atoms with Gasteiger partial charge in [0.05, 0.1) is 6.42 Å². The van der Waals surface area contributed by atoms with Crippen molar-refractivity contribution in [2.45, 2.75) is 12.8 Å². The quantitative estimate of drug-likeness (QED) is 0.495. The van der Waals surface area contributed by atoms with E-state index in [2.05, 4.69) is 36.3 Å². The van der Waals surface area contributed by atoms with Crippen LogP contribution in [0.3, 0.4) is 0 Å². The van der Waals surface area contributed by atoms with E-state index < -0.39 is 18.2 Å². The highest BCUT2D eigenvalue weighted by Crippen LogP contribution is 2.23. The number of hydrogen-bond donors (Lipinski definition) is 2. The van der Waals surface area contributed by atoms with Crippen LogP contribution >= 0.6 is 15.9 Å². The number of benzene rings is 2. The van der Waals surface area contributed by atoms with Crippen molar-refractivity contribution in [3.05, 3.63) is 82.5 Å². The highest BCUT2D eigenvalue weighted by atomic mass is 79.9. The first kappa shape index (κ1) is 22.3. The van der Waals surface area contributed by atoms with Gasteiger partial charge >= 0.3 is 6.36 Å². The molecule has 1 aromatic heterocycles. The maximum absolute atomic E-state index is 12.4. The van der Waals surface area contributed by atoms with E-state index in [1.807, 2.05) is 0 Å². The van der Waals surface area contributed by atoms with Crippen molar-refractivity contribution in [3.63, 3.8) is 0 Å². The minimum absolute atomic E-state index is 0.0640. The molecule has 0 saturated heterocycles. The van der Waals surface area contributed by atoms with Gasteiger partial charge < -0.3 is 15.4 Å². The van der Waals surface area contributed by atoms with E-state index in [9.17, 15) is 22.8 Å². The zero-order valence-corrected chi connectivity index (χ0v) is 17.3. The fourth-order valence-corrected chi connectivity index (χ4v) is 2.81. The number of rotatable bonds is 6. The van der Waals surface area contributed by atoms with E-state index in [4.69, 9.17) is 0 Å². The van der Waals surface area contributed by atoms with Crippen LogP contribution in [0.4, 0.5) is 24.7 Å². The van der Waals surface area contributed by atoms with Crippen LogP contribution in [0.5, 0.6) is 5.75 Å². The number of carbonyl (C=O) groups excluding carboxylic acids is 2. The number of amides is 2. The van der Waals surface area contributed by atoms with Gasteiger partial charge in [0.25, 0.3) is 5.91 Å². The van der Waals surface area contributed by atoms with Crippen LogP contribution in [0.25, 0.3) is 0 Å². The van der Waals surface area contributed by atoms with Crippen molar-refractivity contribution in [1.29, 1.82) is 0 Å². The third kappa shape index (κ3) is 7.10. The Labute approximate surface area is 183 Å². The average Bonchev–Trinajstić information content (AvgIpc) is 2.70. The van der Waals surface area contributed by atoms with E-state index in [1.165, 1.54) is 18.2 Å². The Balaban J connectivity index is 1.59. The van der Waals surface area contributed by atoms with Crippen LogP contribution in [0, 0.1) is 0 Å². The van der Waals surface area contributed by atoms with Crippen molar-refractivity contribution < 1.29 is 27.5 Å². The first-order valence-electron chi connectivity index (χ1n) is 8.85. The molecule has 1 heterocycles. The highest BCUT2D eigenvalue weighted by Gasteiger charge is 2.30. The summed E-state index contributed by atoms with van der Waals surface area (Å²) in [6.07, 6.45) is -3.29. The first-order valence-corrected chi connectivity index (χ1v) is 9.65. The van der Waals surface area contributed by atoms with Crippen LogP contribution in [0.1, 0.15) is 15.9 Å². The summed E-state index contributed by atoms with van der Waals surface area (Å²) in [5, 5.41) is 5.31. The normalized spacial score (nSPS) is 11.0. The lowest BCUT2D eigenvalue weighted by Crippen LogP contribution is -2.17. The second-order valence-corrected chi connectivity index (χ2v) is 7.23. The van der Waals surface area contributed by atoms with Gasteiger partial charge in [0.2, 0.25) is 5.91 Å². The standard InChI is InChI=1S/C21H15BrF3N3O3/c22-15-6-9-18(26-12-15)28-20(30)14-2-1-3-16(11-14)27-19(29)10-13-4-7-17(8-5-13)31-21(23,24)25/h1-9,11-12H,10H2,(H,27,29)(H,26,28,30). The number of pyridine rings is 1. The maximum Gasteiger partial charge on any atom is 0.573 e. The molecule has 10 heteroatoms. The number of hydrogen-bond acceptors (Lipinski definition) is 4. The van der Waals surface area contributed by atoms with Gasteiger partial charge in [0, 0.05) is 21.9 Å². The Morgan fingerprint density at radius 2 is 1.74 bits per heavy atom. The molecule has 0 radical (unpaired) electrons. The average molecular weight is 494 g/mol. The van der Waals surface area contributed by atoms with Gasteiger partial charge in [0.1, 0.15) is 11.6 Å². The Hall–Kier alpha value is -3.40. The summed E-state index contributed by atoms with van der Waals surface area (Å²) in [5.74, 6) is -0.779. The second kappa shape index (κ2) is 9.61. The molecular weight excluding hydrogens is 479 g/mol. The largest absolute Gasteiger partial charge is 0.573 e. The molecule has 3 aromatic rings. The topological polar surface area (TPSA) is 80.3 Å². The van der Waals surface area contributed by atoms with Gasteiger partial charge in [-0.15, -0.1) is 13.2 Å². The summed E-state index contributed by atoms with van der Waals surface area (Å²) in [6, 6.07) is 14.7. The number of aromatic nitrogens is 1. The van der Waals surface area contributed by atoms with Crippen LogP contribution in [-0.2, 0) is 11.2 Å². The van der Waals surface area contributed by atoms with E-state index in [1.54, 1.807) is 36.5 Å². The third-order valence-electron chi connectivity index (χ3n) is 3.90. The minimum Gasteiger partial charge on any atom is -0.406 e. The Morgan fingerprint density at radius 3 is 2.39 bits per heavy atom. The lowest BCUT2D eigenvalue weighted by molar-refractivity contribution is -0.274. The molecule has 2 N–H and O–H groups in total. The van der Waals surface area contributed by atoms with E-state index >= 15 is 0 Å². The summed E-state index contributed by atoms with van der Waals surface area (Å²) in [4.78, 5) is 28.7. The zero-order valence-electron chi connectivity index (χ0n) is 15.7. The van der Waals surface area contributed by atoms with Gasteiger partial charge in [0.15, 0.2) is 0 Å². The molecule has 0 spiro atoms. The number of nitrogens with zero attached hydrogens (tertiary/aromatic N) is 1. The van der Waals surface area contributed by atoms with Crippen LogP contribution in [0.15, 0.2) is 71.3 Å². The first-order chi connectivity index (χ1) is 14.7. The van der Waals surface area contributed by atoms with E-state index in [0.29, 0.717) is 22.6 Å². The summed E-state index contributed by atoms with van der Waals surface area (Å²) in [7, 11) is 0. The predicted molar refractivity (Wildman–Crippen MR) is 112 cm³/mol. The van der Waals surface area contributed by atoms with Crippen molar-refractivity contribution in [2.75, 3.05) is 10.6 Å². The number of nitrogens with one attached hydrogen (secondary N) is 2. The fraction of sp³-hybridized carbons (Fsp3) is 0.0952. The summed E-state index contributed by atoms with van der Waals surface area (Å²) in [6.45, 7) is 0. The number of ether oxygens (including phenoxy) is 1. The smallest absolute Gasteiger partial charge is 0.406 e. The Kier molecular flexibility index (Phi) is 6.91. The maximum atomic E-state index is 12.4. The summed E-state index contributed by atoms with van der Waals surface area (Å²) >= 11 is 3.26. The van der Waals surface area contributed by atoms with Crippen LogP contribution < -0.4 is 15.4 Å². The molecule has 0 unspecified atom stereocenters. The molecule has 0 atom stereocenters. The van der Waals surface area contributed by atoms with Gasteiger partial charge in [-0.25, -0.2) is 4.98 Å². The van der Waals surface area contributed by atoms with Crippen molar-refractivity contribution in [2.24, 2.45) is 0 Å². The van der Waals surface area contributed by atoms with Gasteiger partial charge in [-0.05, 0) is 64.0 Å². The van der Waals surface area contributed by atoms with Gasteiger partial charge in [-0.3, -0.25) is 9.59 Å². The number of halogens is 4. The van der Waals surface area contributed by atoms with E-state index in [0.717, 1.165) is 16.6 Å². The third-order valence-corrected chi connectivity index (χ3v) is 4.37. The lowest BCUT2D eigenvalue weighted by atomic mass is 10.1. The van der Waals surface area contributed by atoms with Crippen LogP contribution in [-0.4, -0.2) is 23.2 Å². The molecule has 0 aliphatic heterocycles. The molecule has 0 fully saturated rings. The monoisotopic (exact) mass is 493 g/mol. The Bertz CT molecular complexity index is 1070. The molecule has 0 saturated carbocycles. The molecule has 3 rings (SSSR count). The van der Waals surface area contributed by atoms with Crippen molar-refractivity contribution >= 4 is 39.2 Å². The molecule has 2 amide bonds. The second-order valence-electron chi connectivity index (χ2n) is 6.31. The minimum atomic E-state index is -4.77. The molecule has 0 bridgehead atoms. The molecular formula is C21H15BrF3N3O3. The number of anilines is 2. The van der Waals surface area contributed by atoms with Gasteiger partial charge in [-0.1, -0.05) is 18.2 Å².